The average Bonchev–Trinajstić information content (AvgIpc) is 2.99. The number of aromatic amines is 1. The van der Waals surface area contributed by atoms with Gasteiger partial charge in [0.15, 0.2) is 0 Å². The van der Waals surface area contributed by atoms with E-state index in [0.29, 0.717) is 29.7 Å². The van der Waals surface area contributed by atoms with Gasteiger partial charge in [0.1, 0.15) is 18.1 Å². The number of nitrogens with one attached hydrogen (secondary N) is 1. The fourth-order valence-electron chi connectivity index (χ4n) is 2.31. The van der Waals surface area contributed by atoms with E-state index >= 15 is 0 Å². The summed E-state index contributed by atoms with van der Waals surface area (Å²) in [5.74, 6) is 0.245. The van der Waals surface area contributed by atoms with Gasteiger partial charge in [0, 0.05) is 11.5 Å². The van der Waals surface area contributed by atoms with Crippen LogP contribution in [0, 0.1) is 0 Å². The minimum atomic E-state index is -0.397. The van der Waals surface area contributed by atoms with Crippen LogP contribution in [0.2, 0.25) is 5.02 Å². The Morgan fingerprint density at radius 3 is 2.70 bits per heavy atom. The number of fused-ring (bicyclic) bond motifs is 1. The highest BCUT2D eigenvalue weighted by Gasteiger charge is 2.13. The van der Waals surface area contributed by atoms with Crippen molar-refractivity contribution in [2.75, 3.05) is 6.61 Å². The SMILES string of the molecule is CCOC(=O)c1cc2c(Cl)cc(OCc3ccccc3)cc2[nH]1. The van der Waals surface area contributed by atoms with E-state index in [1.54, 1.807) is 19.1 Å². The number of ether oxygens (including phenoxy) is 2. The second-order valence-corrected chi connectivity index (χ2v) is 5.45. The van der Waals surface area contributed by atoms with E-state index in [1.165, 1.54) is 0 Å². The molecule has 118 valence electrons. The number of rotatable bonds is 5. The summed E-state index contributed by atoms with van der Waals surface area (Å²) in [5.41, 5.74) is 2.19. The molecule has 2 aromatic carbocycles. The van der Waals surface area contributed by atoms with Crippen molar-refractivity contribution in [2.45, 2.75) is 13.5 Å². The molecule has 3 rings (SSSR count). The fraction of sp³-hybridized carbons (Fsp3) is 0.167. The predicted octanol–water partition coefficient (Wildman–Crippen LogP) is 4.58. The Morgan fingerprint density at radius 1 is 1.17 bits per heavy atom. The second-order valence-electron chi connectivity index (χ2n) is 5.04. The average molecular weight is 330 g/mol. The normalized spacial score (nSPS) is 10.7. The van der Waals surface area contributed by atoms with E-state index in [-0.39, 0.29) is 0 Å². The zero-order valence-corrected chi connectivity index (χ0v) is 13.4. The van der Waals surface area contributed by atoms with Gasteiger partial charge in [-0.3, -0.25) is 0 Å². The Balaban J connectivity index is 1.84. The molecule has 23 heavy (non-hydrogen) atoms. The number of H-pyrrole nitrogens is 1. The number of halogens is 1. The topological polar surface area (TPSA) is 51.3 Å². The van der Waals surface area contributed by atoms with E-state index in [4.69, 9.17) is 21.1 Å². The number of aromatic nitrogens is 1. The van der Waals surface area contributed by atoms with Gasteiger partial charge in [0.25, 0.3) is 0 Å². The number of carbonyl (C=O) groups excluding carboxylic acids is 1. The molecule has 4 nitrogen and oxygen atoms in total. The predicted molar refractivity (Wildman–Crippen MR) is 90.0 cm³/mol. The molecule has 0 aliphatic carbocycles. The third-order valence-electron chi connectivity index (χ3n) is 3.40. The third kappa shape index (κ3) is 3.48. The fourth-order valence-corrected chi connectivity index (χ4v) is 2.58. The largest absolute Gasteiger partial charge is 0.489 e. The first-order chi connectivity index (χ1) is 11.2. The van der Waals surface area contributed by atoms with Gasteiger partial charge in [-0.1, -0.05) is 41.9 Å². The Kier molecular flexibility index (Phi) is 4.53. The van der Waals surface area contributed by atoms with Crippen molar-refractivity contribution in [1.29, 1.82) is 0 Å². The summed E-state index contributed by atoms with van der Waals surface area (Å²) < 4.78 is 10.8. The van der Waals surface area contributed by atoms with Crippen molar-refractivity contribution < 1.29 is 14.3 Å². The van der Waals surface area contributed by atoms with Crippen LogP contribution in [0.1, 0.15) is 23.0 Å². The van der Waals surface area contributed by atoms with Gasteiger partial charge in [-0.15, -0.1) is 0 Å². The number of benzene rings is 2. The molecule has 3 aromatic rings. The third-order valence-corrected chi connectivity index (χ3v) is 3.72. The van der Waals surface area contributed by atoms with E-state index in [9.17, 15) is 4.79 Å². The molecule has 1 N–H and O–H groups in total. The molecule has 5 heteroatoms. The summed E-state index contributed by atoms with van der Waals surface area (Å²) in [6, 6.07) is 15.1. The van der Waals surface area contributed by atoms with Gasteiger partial charge in [0.2, 0.25) is 0 Å². The smallest absolute Gasteiger partial charge is 0.354 e. The molecule has 0 saturated carbocycles. The highest BCUT2D eigenvalue weighted by Crippen LogP contribution is 2.30. The Labute approximate surface area is 139 Å². The Hall–Kier alpha value is -2.46. The molecule has 0 radical (unpaired) electrons. The van der Waals surface area contributed by atoms with E-state index in [2.05, 4.69) is 4.98 Å². The monoisotopic (exact) mass is 329 g/mol. The molecule has 0 amide bonds. The summed E-state index contributed by atoms with van der Waals surface area (Å²) in [4.78, 5) is 14.8. The van der Waals surface area contributed by atoms with Crippen LogP contribution >= 0.6 is 11.6 Å². The molecular weight excluding hydrogens is 314 g/mol. The van der Waals surface area contributed by atoms with Crippen LogP contribution in [0.25, 0.3) is 10.9 Å². The first kappa shape index (κ1) is 15.4. The minimum Gasteiger partial charge on any atom is -0.489 e. The van der Waals surface area contributed by atoms with Gasteiger partial charge in [-0.05, 0) is 24.6 Å². The molecule has 1 aromatic heterocycles. The molecule has 0 aliphatic heterocycles. The maximum absolute atomic E-state index is 11.8. The van der Waals surface area contributed by atoms with Crippen molar-refractivity contribution in [3.8, 4) is 5.75 Å². The summed E-state index contributed by atoms with van der Waals surface area (Å²) in [7, 11) is 0. The van der Waals surface area contributed by atoms with Gasteiger partial charge < -0.3 is 14.5 Å². The van der Waals surface area contributed by atoms with Crippen LogP contribution < -0.4 is 4.74 Å². The van der Waals surface area contributed by atoms with E-state index in [0.717, 1.165) is 16.5 Å². The van der Waals surface area contributed by atoms with Crippen molar-refractivity contribution in [3.05, 3.63) is 64.8 Å². The summed E-state index contributed by atoms with van der Waals surface area (Å²) in [5, 5.41) is 1.29. The number of hydrogen-bond acceptors (Lipinski definition) is 3. The lowest BCUT2D eigenvalue weighted by atomic mass is 10.2. The Bertz CT molecular complexity index is 827. The number of hydrogen-bond donors (Lipinski definition) is 1. The van der Waals surface area contributed by atoms with Crippen LogP contribution in [0.4, 0.5) is 0 Å². The van der Waals surface area contributed by atoms with Crippen LogP contribution in [0.3, 0.4) is 0 Å². The number of carbonyl (C=O) groups is 1. The van der Waals surface area contributed by atoms with Crippen molar-refractivity contribution in [2.24, 2.45) is 0 Å². The highest BCUT2D eigenvalue weighted by molar-refractivity contribution is 6.35. The van der Waals surface area contributed by atoms with E-state index in [1.807, 2.05) is 36.4 Å². The van der Waals surface area contributed by atoms with Crippen LogP contribution in [0.5, 0.6) is 5.75 Å². The molecule has 0 fully saturated rings. The lowest BCUT2D eigenvalue weighted by Crippen LogP contribution is -2.04. The molecular formula is C18H16ClNO3. The molecule has 1 heterocycles. The molecule has 0 unspecified atom stereocenters. The van der Waals surface area contributed by atoms with Crippen molar-refractivity contribution in [3.63, 3.8) is 0 Å². The second kappa shape index (κ2) is 6.75. The summed E-state index contributed by atoms with van der Waals surface area (Å²) in [6.07, 6.45) is 0. The van der Waals surface area contributed by atoms with Crippen LogP contribution in [-0.4, -0.2) is 17.6 Å². The maximum Gasteiger partial charge on any atom is 0.354 e. The number of esters is 1. The molecule has 0 aliphatic rings. The quantitative estimate of drug-likeness (QED) is 0.697. The van der Waals surface area contributed by atoms with Gasteiger partial charge in [-0.2, -0.15) is 0 Å². The lowest BCUT2D eigenvalue weighted by Gasteiger charge is -2.07. The van der Waals surface area contributed by atoms with Crippen molar-refractivity contribution in [1.82, 2.24) is 4.98 Å². The maximum atomic E-state index is 11.8. The first-order valence-corrected chi connectivity index (χ1v) is 7.71. The minimum absolute atomic E-state index is 0.327. The van der Waals surface area contributed by atoms with Gasteiger partial charge in [0.05, 0.1) is 17.1 Å². The first-order valence-electron chi connectivity index (χ1n) is 7.33. The van der Waals surface area contributed by atoms with Gasteiger partial charge >= 0.3 is 5.97 Å². The summed E-state index contributed by atoms with van der Waals surface area (Å²) in [6.45, 7) is 2.55. The highest BCUT2D eigenvalue weighted by atomic mass is 35.5. The molecule has 0 spiro atoms. The zero-order chi connectivity index (χ0) is 16.2. The molecule has 0 bridgehead atoms. The van der Waals surface area contributed by atoms with Crippen molar-refractivity contribution >= 4 is 28.5 Å². The van der Waals surface area contributed by atoms with Gasteiger partial charge in [-0.25, -0.2) is 4.79 Å². The van der Waals surface area contributed by atoms with E-state index < -0.39 is 5.97 Å². The Morgan fingerprint density at radius 2 is 1.96 bits per heavy atom. The molecule has 0 saturated heterocycles. The summed E-state index contributed by atoms with van der Waals surface area (Å²) >= 11 is 6.29. The van der Waals surface area contributed by atoms with Crippen LogP contribution in [-0.2, 0) is 11.3 Å². The zero-order valence-electron chi connectivity index (χ0n) is 12.6. The standard InChI is InChI=1S/C18H16ClNO3/c1-2-22-18(21)17-10-14-15(19)8-13(9-16(14)20-17)23-11-12-6-4-3-5-7-12/h3-10,20H,2,11H2,1H3. The lowest BCUT2D eigenvalue weighted by molar-refractivity contribution is 0.0520. The van der Waals surface area contributed by atoms with Crippen LogP contribution in [0.15, 0.2) is 48.5 Å². The molecule has 0 atom stereocenters.